The molecule has 0 fully saturated rings. The van der Waals surface area contributed by atoms with Crippen LogP contribution in [0.3, 0.4) is 0 Å². The smallest absolute Gasteiger partial charge is 0.300 e. The quantitative estimate of drug-likeness (QED) is 0.441. The molecule has 0 saturated heterocycles. The van der Waals surface area contributed by atoms with E-state index in [1.807, 2.05) is 0 Å². The average Bonchev–Trinajstić information content (AvgIpc) is 1.61. The van der Waals surface area contributed by atoms with Crippen LogP contribution in [0.2, 0.25) is 0 Å². The van der Waals surface area contributed by atoms with Crippen LogP contribution < -0.4 is 0 Å². The summed E-state index contributed by atoms with van der Waals surface area (Å²) >= 11 is 0. The monoisotopic (exact) mass is 190 g/mol. The van der Waals surface area contributed by atoms with Crippen molar-refractivity contribution in [2.45, 2.75) is 6.92 Å². The van der Waals surface area contributed by atoms with Crippen LogP contribution in [-0.4, -0.2) is 18.9 Å². The molecular formula is C4H5O3Y-. The van der Waals surface area contributed by atoms with Crippen LogP contribution in [0, 0.1) is 0 Å². The molecule has 4 heteroatoms. The fraction of sp³-hybridized carbons (Fsp3) is 0.500. The van der Waals surface area contributed by atoms with Crippen molar-refractivity contribution in [2.75, 3.05) is 6.61 Å². The van der Waals surface area contributed by atoms with Gasteiger partial charge < -0.3 is 9.53 Å². The summed E-state index contributed by atoms with van der Waals surface area (Å²) in [5, 5.41) is 0. The molecule has 3 nitrogen and oxygen atoms in total. The Labute approximate surface area is 72.7 Å². The summed E-state index contributed by atoms with van der Waals surface area (Å²) < 4.78 is 4.13. The Morgan fingerprint density at radius 1 is 1.75 bits per heavy atom. The molecule has 0 saturated carbocycles. The largest absolute Gasteiger partial charge is 0.539 e. The van der Waals surface area contributed by atoms with Crippen molar-refractivity contribution in [1.29, 1.82) is 0 Å². The average molecular weight is 190 g/mol. The van der Waals surface area contributed by atoms with Crippen LogP contribution in [0.15, 0.2) is 0 Å². The van der Waals surface area contributed by atoms with Gasteiger partial charge in [0.05, 0.1) is 0 Å². The summed E-state index contributed by atoms with van der Waals surface area (Å²) in [6.45, 7) is 0.979. The second-order valence-corrected chi connectivity index (χ2v) is 0.925. The molecule has 0 aliphatic carbocycles. The maximum atomic E-state index is 9.80. The van der Waals surface area contributed by atoms with Gasteiger partial charge in [0.1, 0.15) is 0 Å². The summed E-state index contributed by atoms with van der Waals surface area (Å²) in [6, 6.07) is 0. The predicted molar refractivity (Wildman–Crippen MR) is 22.3 cm³/mol. The Morgan fingerprint density at radius 2 is 2.25 bits per heavy atom. The third-order valence-corrected chi connectivity index (χ3v) is 0.334. The van der Waals surface area contributed by atoms with Crippen LogP contribution in [-0.2, 0) is 47.0 Å². The van der Waals surface area contributed by atoms with Crippen molar-refractivity contribution in [2.24, 2.45) is 0 Å². The van der Waals surface area contributed by atoms with E-state index in [1.54, 1.807) is 0 Å². The topological polar surface area (TPSA) is 43.4 Å². The molecule has 0 aliphatic rings. The Bertz CT molecular complexity index is 81.4. The Morgan fingerprint density at radius 3 is 2.38 bits per heavy atom. The van der Waals surface area contributed by atoms with Crippen molar-refractivity contribution in [3.8, 4) is 0 Å². The summed E-state index contributed by atoms with van der Waals surface area (Å²) in [4.78, 5) is 19.1. The maximum Gasteiger partial charge on any atom is 0.300 e. The number of rotatable bonds is 2. The van der Waals surface area contributed by atoms with E-state index in [4.69, 9.17) is 0 Å². The van der Waals surface area contributed by atoms with E-state index in [9.17, 15) is 9.59 Å². The van der Waals surface area contributed by atoms with E-state index < -0.39 is 5.97 Å². The summed E-state index contributed by atoms with van der Waals surface area (Å²) in [6.07, 6.45) is 1.41. The molecule has 0 bridgehead atoms. The first-order valence-electron chi connectivity index (χ1n) is 1.75. The van der Waals surface area contributed by atoms with Gasteiger partial charge in [0.15, 0.2) is 0 Å². The first-order chi connectivity index (χ1) is 3.27. The molecule has 0 atom stereocenters. The van der Waals surface area contributed by atoms with Gasteiger partial charge in [0.25, 0.3) is 5.97 Å². The minimum absolute atomic E-state index is 0. The molecule has 0 aromatic heterocycles. The molecule has 0 aromatic carbocycles. The van der Waals surface area contributed by atoms with Gasteiger partial charge in [-0.15, -0.1) is 0 Å². The van der Waals surface area contributed by atoms with Crippen molar-refractivity contribution < 1.29 is 47.0 Å². The van der Waals surface area contributed by atoms with Gasteiger partial charge in [0.2, 0.25) is 0 Å². The zero-order valence-corrected chi connectivity index (χ0v) is 7.35. The van der Waals surface area contributed by atoms with Gasteiger partial charge in [-0.2, -0.15) is 0 Å². The normalized spacial score (nSPS) is 6.62. The molecule has 0 amide bonds. The number of carbonyl (C=O) groups is 1. The minimum Gasteiger partial charge on any atom is -0.539 e. The number of esters is 1. The number of ether oxygens (including phenoxy) is 1. The fourth-order valence-electron chi connectivity index (χ4n) is 0.131. The van der Waals surface area contributed by atoms with Crippen molar-refractivity contribution >= 4 is 12.3 Å². The van der Waals surface area contributed by atoms with E-state index in [-0.39, 0.29) is 39.3 Å². The van der Waals surface area contributed by atoms with E-state index >= 15 is 0 Å². The van der Waals surface area contributed by atoms with Crippen molar-refractivity contribution in [3.63, 3.8) is 0 Å². The second-order valence-electron chi connectivity index (χ2n) is 0.925. The molecule has 0 heterocycles. The number of hydrogen-bond donors (Lipinski definition) is 0. The zero-order chi connectivity index (χ0) is 5.70. The molecule has 0 unspecified atom stereocenters. The zero-order valence-electron chi connectivity index (χ0n) is 4.51. The number of hydrogen-bond acceptors (Lipinski definition) is 3. The fourth-order valence-corrected chi connectivity index (χ4v) is 0.131. The molecule has 0 aromatic rings. The summed E-state index contributed by atoms with van der Waals surface area (Å²) in [5.41, 5.74) is 0. The van der Waals surface area contributed by atoms with Crippen LogP contribution in [0.5, 0.6) is 0 Å². The Hall–Kier alpha value is 0.244. The van der Waals surface area contributed by atoms with E-state index in [0.717, 1.165) is 0 Å². The molecule has 0 aliphatic heterocycles. The molecule has 0 N–H and O–H groups in total. The van der Waals surface area contributed by atoms with Gasteiger partial charge in [0, 0.05) is 39.6 Å². The second kappa shape index (κ2) is 7.24. The molecule has 0 spiro atoms. The van der Waals surface area contributed by atoms with Gasteiger partial charge in [-0.05, 0) is 6.61 Å². The van der Waals surface area contributed by atoms with Crippen LogP contribution in [0.4, 0.5) is 0 Å². The van der Waals surface area contributed by atoms with Crippen LogP contribution in [0.1, 0.15) is 6.92 Å². The first kappa shape index (κ1) is 11.1. The standard InChI is InChI=1S/C4H5O3.Y/c1-4(6)7-3-2-5;/h3H2,1H3;/q-1;. The third-order valence-electron chi connectivity index (χ3n) is 0.334. The molecule has 8 heavy (non-hydrogen) atoms. The van der Waals surface area contributed by atoms with Gasteiger partial charge in [-0.25, -0.2) is 6.29 Å². The number of carbonyl (C=O) groups excluding carboxylic acids is 2. The van der Waals surface area contributed by atoms with Crippen LogP contribution >= 0.6 is 0 Å². The summed E-state index contributed by atoms with van der Waals surface area (Å²) in [7, 11) is 0. The molecule has 1 radical (unpaired) electrons. The SMILES string of the molecule is CC(=O)OC[C-]=O.[Y]. The predicted octanol–water partition coefficient (Wildman–Crippen LogP) is -0.343. The molecular weight excluding hydrogens is 185 g/mol. The van der Waals surface area contributed by atoms with Gasteiger partial charge >= 0.3 is 0 Å². The Kier molecular flexibility index (Phi) is 10.0. The van der Waals surface area contributed by atoms with Crippen molar-refractivity contribution in [3.05, 3.63) is 0 Å². The van der Waals surface area contributed by atoms with E-state index in [0.29, 0.717) is 0 Å². The minimum atomic E-state index is -0.455. The first-order valence-corrected chi connectivity index (χ1v) is 1.75. The van der Waals surface area contributed by atoms with Crippen molar-refractivity contribution in [1.82, 2.24) is 0 Å². The van der Waals surface area contributed by atoms with E-state index in [1.165, 1.54) is 13.2 Å². The Balaban J connectivity index is 0. The van der Waals surface area contributed by atoms with Crippen LogP contribution in [0.25, 0.3) is 0 Å². The van der Waals surface area contributed by atoms with Gasteiger partial charge in [-0.1, -0.05) is 0 Å². The van der Waals surface area contributed by atoms with Gasteiger partial charge in [-0.3, -0.25) is 4.79 Å². The summed E-state index contributed by atoms with van der Waals surface area (Å²) in [5.74, 6) is -0.455. The molecule has 43 valence electrons. The third kappa shape index (κ3) is 9.53. The molecule has 0 rings (SSSR count). The van der Waals surface area contributed by atoms with E-state index in [2.05, 4.69) is 4.74 Å². The maximum absolute atomic E-state index is 9.80.